The highest BCUT2D eigenvalue weighted by Gasteiger charge is 2.16. The van der Waals surface area contributed by atoms with E-state index in [9.17, 15) is 0 Å². The fourth-order valence-corrected chi connectivity index (χ4v) is 1.55. The largest absolute Gasteiger partial charge is 0.374 e. The number of hydrogen-bond donors (Lipinski definition) is 0. The zero-order valence-corrected chi connectivity index (χ0v) is 8.47. The lowest BCUT2D eigenvalue weighted by atomic mass is 9.96. The van der Waals surface area contributed by atoms with Gasteiger partial charge < -0.3 is 4.74 Å². The molecule has 12 heavy (non-hydrogen) atoms. The first-order valence-corrected chi connectivity index (χ1v) is 5.01. The Morgan fingerprint density at radius 1 is 1.58 bits per heavy atom. The van der Waals surface area contributed by atoms with E-state index in [4.69, 9.17) is 4.74 Å². The van der Waals surface area contributed by atoms with Gasteiger partial charge in [0.05, 0.1) is 6.10 Å². The molecule has 1 heteroatoms. The van der Waals surface area contributed by atoms with Crippen molar-refractivity contribution in [2.45, 2.75) is 46.1 Å². The molecule has 1 fully saturated rings. The molecular formula is C11H20O. The zero-order valence-electron chi connectivity index (χ0n) is 8.47. The van der Waals surface area contributed by atoms with Gasteiger partial charge in [-0.3, -0.25) is 0 Å². The molecule has 0 spiro atoms. The van der Waals surface area contributed by atoms with Crippen LogP contribution >= 0.6 is 0 Å². The van der Waals surface area contributed by atoms with Crippen molar-refractivity contribution in [3.8, 4) is 0 Å². The van der Waals surface area contributed by atoms with Crippen molar-refractivity contribution in [1.29, 1.82) is 0 Å². The van der Waals surface area contributed by atoms with E-state index in [2.05, 4.69) is 26.8 Å². The van der Waals surface area contributed by atoms with Crippen molar-refractivity contribution < 1.29 is 4.74 Å². The normalized spacial score (nSPS) is 32.1. The fraction of sp³-hybridized carbons (Fsp3) is 0.818. The van der Waals surface area contributed by atoms with Crippen LogP contribution in [0.5, 0.6) is 0 Å². The Morgan fingerprint density at radius 2 is 2.33 bits per heavy atom. The minimum absolute atomic E-state index is 0.397. The van der Waals surface area contributed by atoms with Crippen LogP contribution in [0, 0.1) is 5.92 Å². The average Bonchev–Trinajstić information content (AvgIpc) is 2.04. The maximum Gasteiger partial charge on any atom is 0.0760 e. The fourth-order valence-electron chi connectivity index (χ4n) is 1.55. The smallest absolute Gasteiger partial charge is 0.0760 e. The summed E-state index contributed by atoms with van der Waals surface area (Å²) in [5.41, 5.74) is 1.45. The Bertz CT molecular complexity index is 160. The van der Waals surface area contributed by atoms with Crippen molar-refractivity contribution in [2.75, 3.05) is 6.61 Å². The van der Waals surface area contributed by atoms with Crippen LogP contribution in [0.1, 0.15) is 40.0 Å². The van der Waals surface area contributed by atoms with Crippen molar-refractivity contribution in [2.24, 2.45) is 5.92 Å². The van der Waals surface area contributed by atoms with Gasteiger partial charge in [0, 0.05) is 6.61 Å². The zero-order chi connectivity index (χ0) is 8.97. The van der Waals surface area contributed by atoms with Crippen molar-refractivity contribution in [3.63, 3.8) is 0 Å². The van der Waals surface area contributed by atoms with Crippen LogP contribution < -0.4 is 0 Å². The van der Waals surface area contributed by atoms with E-state index in [1.54, 1.807) is 0 Å². The highest BCUT2D eigenvalue weighted by Crippen LogP contribution is 2.21. The molecule has 1 rings (SSSR count). The van der Waals surface area contributed by atoms with E-state index in [1.165, 1.54) is 18.4 Å². The van der Waals surface area contributed by atoms with Crippen LogP contribution in [0.2, 0.25) is 0 Å². The van der Waals surface area contributed by atoms with E-state index in [1.807, 2.05) is 0 Å². The summed E-state index contributed by atoms with van der Waals surface area (Å²) >= 11 is 0. The second-order valence-corrected chi connectivity index (χ2v) is 3.91. The van der Waals surface area contributed by atoms with E-state index in [0.717, 1.165) is 18.9 Å². The van der Waals surface area contributed by atoms with Gasteiger partial charge in [-0.15, -0.1) is 0 Å². The second kappa shape index (κ2) is 4.66. The molecular weight excluding hydrogens is 148 g/mol. The van der Waals surface area contributed by atoms with Crippen LogP contribution in [0.25, 0.3) is 0 Å². The molecule has 0 N–H and O–H groups in total. The molecule has 0 amide bonds. The third-order valence-corrected chi connectivity index (χ3v) is 2.61. The molecule has 0 aromatic rings. The topological polar surface area (TPSA) is 9.23 Å². The molecule has 70 valence electrons. The van der Waals surface area contributed by atoms with Crippen LogP contribution in [-0.4, -0.2) is 12.7 Å². The molecule has 0 aliphatic carbocycles. The number of hydrogen-bond acceptors (Lipinski definition) is 1. The number of ether oxygens (including phenoxy) is 1. The molecule has 0 saturated carbocycles. The molecule has 0 radical (unpaired) electrons. The first-order chi connectivity index (χ1) is 5.72. The van der Waals surface area contributed by atoms with Gasteiger partial charge in [-0.25, -0.2) is 0 Å². The third-order valence-electron chi connectivity index (χ3n) is 2.61. The summed E-state index contributed by atoms with van der Waals surface area (Å²) in [7, 11) is 0. The first kappa shape index (κ1) is 9.79. The molecule has 2 atom stereocenters. The summed E-state index contributed by atoms with van der Waals surface area (Å²) in [6, 6.07) is 0. The summed E-state index contributed by atoms with van der Waals surface area (Å²) in [5, 5.41) is 0. The predicted molar refractivity (Wildman–Crippen MR) is 52.2 cm³/mol. The first-order valence-electron chi connectivity index (χ1n) is 5.01. The highest BCUT2D eigenvalue weighted by atomic mass is 16.5. The standard InChI is InChI=1S/C11H20O/c1-4-9(2)7-11-8-10(3)5-6-12-11/h7,10-11H,4-6,8H2,1-3H3/b9-7+/t10-,11+/m0/s1. The Kier molecular flexibility index (Phi) is 3.80. The summed E-state index contributed by atoms with van der Waals surface area (Å²) in [5.74, 6) is 0.838. The number of allylic oxidation sites excluding steroid dienone is 1. The van der Waals surface area contributed by atoms with Gasteiger partial charge >= 0.3 is 0 Å². The van der Waals surface area contributed by atoms with Crippen molar-refractivity contribution >= 4 is 0 Å². The van der Waals surface area contributed by atoms with E-state index >= 15 is 0 Å². The summed E-state index contributed by atoms with van der Waals surface area (Å²) in [6.07, 6.45) is 6.27. The lowest BCUT2D eigenvalue weighted by molar-refractivity contribution is 0.0234. The Labute approximate surface area is 75.8 Å². The minimum atomic E-state index is 0.397. The molecule has 1 aliphatic rings. The lowest BCUT2D eigenvalue weighted by Crippen LogP contribution is -2.22. The van der Waals surface area contributed by atoms with Gasteiger partial charge in [-0.2, -0.15) is 0 Å². The Morgan fingerprint density at radius 3 is 2.92 bits per heavy atom. The van der Waals surface area contributed by atoms with Crippen LogP contribution in [0.4, 0.5) is 0 Å². The van der Waals surface area contributed by atoms with E-state index in [0.29, 0.717) is 6.10 Å². The SMILES string of the molecule is CC/C(C)=C/[C@@H]1C[C@@H](C)CCO1. The molecule has 0 aromatic heterocycles. The molecule has 0 aromatic carbocycles. The monoisotopic (exact) mass is 168 g/mol. The lowest BCUT2D eigenvalue weighted by Gasteiger charge is -2.25. The van der Waals surface area contributed by atoms with Crippen LogP contribution in [0.15, 0.2) is 11.6 Å². The molecule has 0 bridgehead atoms. The van der Waals surface area contributed by atoms with Crippen molar-refractivity contribution in [1.82, 2.24) is 0 Å². The van der Waals surface area contributed by atoms with Gasteiger partial charge in [0.2, 0.25) is 0 Å². The average molecular weight is 168 g/mol. The molecule has 1 aliphatic heterocycles. The quantitative estimate of drug-likeness (QED) is 0.575. The Balaban J connectivity index is 2.41. The summed E-state index contributed by atoms with van der Waals surface area (Å²) < 4.78 is 5.64. The summed E-state index contributed by atoms with van der Waals surface area (Å²) in [4.78, 5) is 0. The molecule has 1 heterocycles. The highest BCUT2D eigenvalue weighted by molar-refractivity contribution is 5.02. The molecule has 0 unspecified atom stereocenters. The van der Waals surface area contributed by atoms with Gasteiger partial charge in [-0.1, -0.05) is 25.5 Å². The third kappa shape index (κ3) is 2.98. The molecule has 1 saturated heterocycles. The van der Waals surface area contributed by atoms with Gasteiger partial charge in [0.25, 0.3) is 0 Å². The van der Waals surface area contributed by atoms with Gasteiger partial charge in [-0.05, 0) is 32.1 Å². The molecule has 1 nitrogen and oxygen atoms in total. The van der Waals surface area contributed by atoms with E-state index in [-0.39, 0.29) is 0 Å². The van der Waals surface area contributed by atoms with Crippen LogP contribution in [-0.2, 0) is 4.74 Å². The number of rotatable bonds is 2. The predicted octanol–water partition coefficient (Wildman–Crippen LogP) is 3.16. The van der Waals surface area contributed by atoms with Crippen LogP contribution in [0.3, 0.4) is 0 Å². The van der Waals surface area contributed by atoms with Crippen molar-refractivity contribution in [3.05, 3.63) is 11.6 Å². The maximum atomic E-state index is 5.64. The van der Waals surface area contributed by atoms with Gasteiger partial charge in [0.1, 0.15) is 0 Å². The summed E-state index contributed by atoms with van der Waals surface area (Å²) in [6.45, 7) is 7.63. The van der Waals surface area contributed by atoms with E-state index < -0.39 is 0 Å². The Hall–Kier alpha value is -0.300. The minimum Gasteiger partial charge on any atom is -0.374 e. The van der Waals surface area contributed by atoms with Gasteiger partial charge in [0.15, 0.2) is 0 Å². The second-order valence-electron chi connectivity index (χ2n) is 3.91. The maximum absolute atomic E-state index is 5.64.